The fourth-order valence-corrected chi connectivity index (χ4v) is 2.85. The predicted molar refractivity (Wildman–Crippen MR) is 87.4 cm³/mol. The zero-order chi connectivity index (χ0) is 16.8. The Morgan fingerprint density at radius 2 is 1.91 bits per heavy atom. The largest absolute Gasteiger partial charge is 0.591 e. The topological polar surface area (TPSA) is 61.2 Å². The van der Waals surface area contributed by atoms with E-state index in [0.29, 0.717) is 11.3 Å². The summed E-state index contributed by atoms with van der Waals surface area (Å²) in [5.41, 5.74) is 0.959. The maximum Gasteiger partial charge on any atom is 0.135 e. The van der Waals surface area contributed by atoms with Crippen molar-refractivity contribution < 1.29 is 13.3 Å². The average Bonchev–Trinajstić information content (AvgIpc) is 2.49. The van der Waals surface area contributed by atoms with Crippen molar-refractivity contribution in [2.75, 3.05) is 5.75 Å². The van der Waals surface area contributed by atoms with Gasteiger partial charge in [-0.3, -0.25) is 0 Å². The molecule has 1 atom stereocenters. The van der Waals surface area contributed by atoms with Crippen LogP contribution in [0.5, 0.6) is 0 Å². The molecule has 0 spiro atoms. The van der Waals surface area contributed by atoms with Gasteiger partial charge in [-0.05, 0) is 11.6 Å². The Bertz CT molecular complexity index is 681. The predicted octanol–water partition coefficient (Wildman–Crippen LogP) is 3.35. The van der Waals surface area contributed by atoms with Crippen LogP contribution in [0.3, 0.4) is 0 Å². The molecule has 0 N–H and O–H groups in total. The van der Waals surface area contributed by atoms with Gasteiger partial charge in [-0.1, -0.05) is 18.2 Å². The normalized spacial score (nSPS) is 13.0. The van der Waals surface area contributed by atoms with E-state index in [0.717, 1.165) is 6.07 Å². The Hall–Kier alpha value is -1.86. The van der Waals surface area contributed by atoms with E-state index in [4.69, 9.17) is 0 Å². The Morgan fingerprint density at radius 3 is 2.57 bits per heavy atom. The van der Waals surface area contributed by atoms with Crippen molar-refractivity contribution in [3.8, 4) is 11.1 Å². The molecule has 1 aromatic carbocycles. The van der Waals surface area contributed by atoms with E-state index in [2.05, 4.69) is 14.4 Å². The number of rotatable bonds is 6. The first-order valence-corrected chi connectivity index (χ1v) is 8.39. The lowest BCUT2D eigenvalue weighted by molar-refractivity contribution is 0.577. The molecule has 0 saturated carbocycles. The van der Waals surface area contributed by atoms with Crippen LogP contribution in [0.15, 0.2) is 35.3 Å². The summed E-state index contributed by atoms with van der Waals surface area (Å²) in [6, 6.07) is 2.23. The Morgan fingerprint density at radius 1 is 1.22 bits per heavy atom. The van der Waals surface area contributed by atoms with Gasteiger partial charge >= 0.3 is 0 Å². The summed E-state index contributed by atoms with van der Waals surface area (Å²) in [5, 5.41) is 0. The van der Waals surface area contributed by atoms with Gasteiger partial charge in [0, 0.05) is 41.9 Å². The first kappa shape index (κ1) is 17.5. The summed E-state index contributed by atoms with van der Waals surface area (Å²) < 4.78 is 43.3. The summed E-state index contributed by atoms with van der Waals surface area (Å²) >= 11 is -1.32. The molecule has 23 heavy (non-hydrogen) atoms. The summed E-state index contributed by atoms with van der Waals surface area (Å²) in [6.45, 7) is 3.89. The number of aromatic nitrogens is 2. The van der Waals surface area contributed by atoms with Crippen LogP contribution in [0.4, 0.5) is 8.78 Å². The first-order chi connectivity index (χ1) is 11.0. The third kappa shape index (κ3) is 5.07. The van der Waals surface area contributed by atoms with E-state index in [9.17, 15) is 13.3 Å². The van der Waals surface area contributed by atoms with Crippen LogP contribution in [0.2, 0.25) is 0 Å². The highest BCUT2D eigenvalue weighted by Gasteiger charge is 2.12. The molecular weight excluding hydrogens is 320 g/mol. The maximum atomic E-state index is 13.9. The minimum Gasteiger partial charge on any atom is -0.591 e. The van der Waals surface area contributed by atoms with Crippen molar-refractivity contribution in [2.45, 2.75) is 20.3 Å². The van der Waals surface area contributed by atoms with Gasteiger partial charge in [0.1, 0.15) is 23.7 Å². The summed E-state index contributed by atoms with van der Waals surface area (Å²) in [7, 11) is 0. The molecule has 4 nitrogen and oxygen atoms in total. The highest BCUT2D eigenvalue weighted by Crippen LogP contribution is 2.24. The second-order valence-electron chi connectivity index (χ2n) is 5.42. The zero-order valence-electron chi connectivity index (χ0n) is 12.9. The quantitative estimate of drug-likeness (QED) is 0.600. The van der Waals surface area contributed by atoms with Crippen LogP contribution in [0, 0.1) is 17.6 Å². The molecule has 1 unspecified atom stereocenters. The highest BCUT2D eigenvalue weighted by atomic mass is 32.2. The minimum absolute atomic E-state index is 0.136. The van der Waals surface area contributed by atoms with Crippen LogP contribution in [-0.2, 0) is 17.8 Å². The lowest BCUT2D eigenvalue weighted by atomic mass is 10.0. The molecule has 7 heteroatoms. The maximum absolute atomic E-state index is 13.9. The van der Waals surface area contributed by atoms with Crippen molar-refractivity contribution in [3.63, 3.8) is 0 Å². The monoisotopic (exact) mass is 337 g/mol. The number of hydrogen-bond donors (Lipinski definition) is 0. The number of nitrogens with zero attached hydrogens (tertiary/aromatic N) is 3. The van der Waals surface area contributed by atoms with E-state index < -0.39 is 23.0 Å². The molecule has 0 amide bonds. The van der Waals surface area contributed by atoms with Crippen LogP contribution >= 0.6 is 0 Å². The van der Waals surface area contributed by atoms with E-state index in [1.165, 1.54) is 31.0 Å². The number of benzene rings is 1. The molecule has 0 aliphatic heterocycles. The molecular formula is C16H17F2N3OS. The Balaban J connectivity index is 2.18. The van der Waals surface area contributed by atoms with E-state index in [1.54, 1.807) is 0 Å². The van der Waals surface area contributed by atoms with Gasteiger partial charge in [0.15, 0.2) is 0 Å². The average molecular weight is 337 g/mol. The fraction of sp³-hybridized carbons (Fsp3) is 0.312. The zero-order valence-corrected chi connectivity index (χ0v) is 13.7. The molecule has 122 valence electrons. The number of hydrogen-bond acceptors (Lipinski definition) is 4. The van der Waals surface area contributed by atoms with Crippen molar-refractivity contribution >= 4 is 17.6 Å². The lowest BCUT2D eigenvalue weighted by Gasteiger charge is -2.07. The summed E-state index contributed by atoms with van der Waals surface area (Å²) in [5.74, 6) is -0.625. The molecule has 1 aromatic heterocycles. The highest BCUT2D eigenvalue weighted by molar-refractivity contribution is 7.90. The van der Waals surface area contributed by atoms with Gasteiger partial charge in [0.2, 0.25) is 0 Å². The van der Waals surface area contributed by atoms with Gasteiger partial charge in [-0.2, -0.15) is 0 Å². The van der Waals surface area contributed by atoms with Crippen molar-refractivity contribution in [1.82, 2.24) is 9.97 Å². The summed E-state index contributed by atoms with van der Waals surface area (Å²) in [4.78, 5) is 7.66. The SMILES string of the molecule is CC(C)C[S+]([O-])/N=C/Cc1cc(-c2cncnc2)c(F)cc1F. The molecule has 0 aliphatic rings. The summed E-state index contributed by atoms with van der Waals surface area (Å²) in [6.07, 6.45) is 5.79. The van der Waals surface area contributed by atoms with Crippen molar-refractivity contribution in [2.24, 2.45) is 10.3 Å². The van der Waals surface area contributed by atoms with Crippen molar-refractivity contribution in [1.29, 1.82) is 0 Å². The molecule has 0 fully saturated rings. The van der Waals surface area contributed by atoms with Crippen molar-refractivity contribution in [3.05, 3.63) is 48.1 Å². The van der Waals surface area contributed by atoms with Crippen LogP contribution in [0.25, 0.3) is 11.1 Å². The third-order valence-corrected chi connectivity index (χ3v) is 4.32. The first-order valence-electron chi connectivity index (χ1n) is 7.11. The van der Waals surface area contributed by atoms with Gasteiger partial charge < -0.3 is 4.55 Å². The molecule has 1 heterocycles. The fourth-order valence-electron chi connectivity index (χ4n) is 1.96. The Labute approximate surface area is 137 Å². The molecule has 0 radical (unpaired) electrons. The van der Waals surface area contributed by atoms with Crippen LogP contribution in [-0.4, -0.2) is 26.5 Å². The molecule has 0 saturated heterocycles. The Kier molecular flexibility index (Phi) is 6.18. The van der Waals surface area contributed by atoms with E-state index in [-0.39, 0.29) is 23.5 Å². The standard InChI is InChI=1S/C16H17F2N3OS/c1-11(2)9-23(22)21-4-3-12-5-14(16(18)6-15(12)17)13-7-19-10-20-8-13/h4-8,10-11H,3,9H2,1-2H3/b21-4+. The molecule has 0 bridgehead atoms. The lowest BCUT2D eigenvalue weighted by Crippen LogP contribution is -2.09. The van der Waals surface area contributed by atoms with Gasteiger partial charge in [0.05, 0.1) is 17.6 Å². The van der Waals surface area contributed by atoms with E-state index in [1.807, 2.05) is 13.8 Å². The van der Waals surface area contributed by atoms with Gasteiger partial charge in [-0.25, -0.2) is 18.7 Å². The third-order valence-electron chi connectivity index (χ3n) is 2.99. The van der Waals surface area contributed by atoms with Gasteiger partial charge in [0.25, 0.3) is 0 Å². The second kappa shape index (κ2) is 8.12. The smallest absolute Gasteiger partial charge is 0.135 e. The van der Waals surface area contributed by atoms with E-state index >= 15 is 0 Å². The second-order valence-corrected chi connectivity index (χ2v) is 6.61. The van der Waals surface area contributed by atoms with Crippen LogP contribution in [0.1, 0.15) is 19.4 Å². The number of halogens is 2. The van der Waals surface area contributed by atoms with Crippen LogP contribution < -0.4 is 0 Å². The van der Waals surface area contributed by atoms with Gasteiger partial charge in [-0.15, -0.1) is 0 Å². The minimum atomic E-state index is -1.32. The molecule has 2 rings (SSSR count). The molecule has 2 aromatic rings. The molecule has 0 aliphatic carbocycles.